The van der Waals surface area contributed by atoms with E-state index in [-0.39, 0.29) is 0 Å². The monoisotopic (exact) mass is 200 g/mol. The van der Waals surface area contributed by atoms with Gasteiger partial charge in [-0.15, -0.1) is 0 Å². The maximum absolute atomic E-state index is 2.37. The molecule has 0 nitrogen and oxygen atoms in total. The summed E-state index contributed by atoms with van der Waals surface area (Å²) in [5.41, 5.74) is 0. The van der Waals surface area contributed by atoms with Gasteiger partial charge in [-0.05, 0) is 30.9 Å². The van der Waals surface area contributed by atoms with Crippen molar-refractivity contribution < 1.29 is 0 Å². The first-order valence-corrected chi connectivity index (χ1v) is 7.05. The molecule has 0 saturated carbocycles. The normalized spacial score (nSPS) is 24.9. The van der Waals surface area contributed by atoms with E-state index < -0.39 is 0 Å². The lowest BCUT2D eigenvalue weighted by Gasteiger charge is -2.20. The van der Waals surface area contributed by atoms with E-state index in [1.165, 1.54) is 50.7 Å². The van der Waals surface area contributed by atoms with Gasteiger partial charge in [-0.2, -0.15) is 11.8 Å². The van der Waals surface area contributed by atoms with Crippen molar-refractivity contribution in [3.8, 4) is 0 Å². The van der Waals surface area contributed by atoms with Crippen LogP contribution >= 0.6 is 11.8 Å². The Morgan fingerprint density at radius 1 is 1.31 bits per heavy atom. The fraction of sp³-hybridized carbons (Fsp3) is 1.00. The van der Waals surface area contributed by atoms with Crippen LogP contribution in [-0.4, -0.2) is 11.0 Å². The Morgan fingerprint density at radius 3 is 2.69 bits per heavy atom. The van der Waals surface area contributed by atoms with E-state index in [0.29, 0.717) is 0 Å². The first-order chi connectivity index (χ1) is 6.38. The second-order valence-corrected chi connectivity index (χ2v) is 5.56. The molecule has 1 aliphatic rings. The minimum absolute atomic E-state index is 1.02. The summed E-state index contributed by atoms with van der Waals surface area (Å²) in [7, 11) is 0. The highest BCUT2D eigenvalue weighted by atomic mass is 32.2. The zero-order chi connectivity index (χ0) is 9.52. The third-order valence-electron chi connectivity index (χ3n) is 3.19. The van der Waals surface area contributed by atoms with Crippen LogP contribution in [0.15, 0.2) is 0 Å². The smallest absolute Gasteiger partial charge is 0.00755 e. The largest absolute Gasteiger partial charge is 0.158 e. The van der Waals surface area contributed by atoms with E-state index in [9.17, 15) is 0 Å². The molecule has 1 rings (SSSR count). The fourth-order valence-corrected chi connectivity index (χ4v) is 3.85. The van der Waals surface area contributed by atoms with Gasteiger partial charge in [0.2, 0.25) is 0 Å². The number of rotatable bonds is 6. The molecule has 1 fully saturated rings. The van der Waals surface area contributed by atoms with Gasteiger partial charge in [-0.1, -0.05) is 39.5 Å². The van der Waals surface area contributed by atoms with Gasteiger partial charge >= 0.3 is 0 Å². The summed E-state index contributed by atoms with van der Waals surface area (Å²) in [5, 5.41) is 1.02. The van der Waals surface area contributed by atoms with Crippen molar-refractivity contribution in [1.82, 2.24) is 0 Å². The van der Waals surface area contributed by atoms with E-state index in [0.717, 1.165) is 11.2 Å². The average molecular weight is 200 g/mol. The Labute approximate surface area is 87.9 Å². The molecule has 0 radical (unpaired) electrons. The standard InChI is InChI=1S/C12H24S/c1-3-5-6-8-11(4-2)12-9-7-10-13-12/h11-12H,3-10H2,1-2H3/t11-,12?/m1/s1. The molecular weight excluding hydrogens is 176 g/mol. The fourth-order valence-electron chi connectivity index (χ4n) is 2.28. The van der Waals surface area contributed by atoms with Crippen LogP contribution in [0.4, 0.5) is 0 Å². The van der Waals surface area contributed by atoms with Crippen LogP contribution in [0.5, 0.6) is 0 Å². The van der Waals surface area contributed by atoms with E-state index >= 15 is 0 Å². The molecule has 0 aromatic rings. The SMILES string of the molecule is CCCCC[C@@H](CC)C1CCCS1. The van der Waals surface area contributed by atoms with Gasteiger partial charge in [0.25, 0.3) is 0 Å². The van der Waals surface area contributed by atoms with Crippen LogP contribution in [0.2, 0.25) is 0 Å². The zero-order valence-electron chi connectivity index (χ0n) is 9.22. The Bertz CT molecular complexity index is 116. The van der Waals surface area contributed by atoms with E-state index in [1.54, 1.807) is 0 Å². The van der Waals surface area contributed by atoms with E-state index in [1.807, 2.05) is 0 Å². The number of unbranched alkanes of at least 4 members (excludes halogenated alkanes) is 2. The Hall–Kier alpha value is 0.350. The Balaban J connectivity index is 2.16. The second-order valence-electron chi connectivity index (χ2n) is 4.22. The molecule has 2 atom stereocenters. The molecule has 78 valence electrons. The van der Waals surface area contributed by atoms with Gasteiger partial charge < -0.3 is 0 Å². The molecule has 1 saturated heterocycles. The predicted octanol–water partition coefficient (Wildman–Crippen LogP) is 4.49. The molecule has 1 heteroatoms. The molecule has 1 unspecified atom stereocenters. The van der Waals surface area contributed by atoms with E-state index in [4.69, 9.17) is 0 Å². The van der Waals surface area contributed by atoms with Crippen molar-refractivity contribution in [1.29, 1.82) is 0 Å². The Morgan fingerprint density at radius 2 is 2.15 bits per heavy atom. The number of thioether (sulfide) groups is 1. The summed E-state index contributed by atoms with van der Waals surface area (Å²) in [6.45, 7) is 4.67. The lowest BCUT2D eigenvalue weighted by molar-refractivity contribution is 0.423. The van der Waals surface area contributed by atoms with Crippen molar-refractivity contribution >= 4 is 11.8 Å². The van der Waals surface area contributed by atoms with Crippen LogP contribution in [0, 0.1) is 5.92 Å². The first-order valence-electron chi connectivity index (χ1n) is 6.00. The quantitative estimate of drug-likeness (QED) is 0.569. The summed E-state index contributed by atoms with van der Waals surface area (Å²) in [4.78, 5) is 0. The molecule has 1 heterocycles. The highest BCUT2D eigenvalue weighted by Crippen LogP contribution is 2.35. The van der Waals surface area contributed by atoms with Crippen LogP contribution in [0.3, 0.4) is 0 Å². The van der Waals surface area contributed by atoms with E-state index in [2.05, 4.69) is 25.6 Å². The van der Waals surface area contributed by atoms with Crippen LogP contribution in [0.25, 0.3) is 0 Å². The third kappa shape index (κ3) is 3.93. The van der Waals surface area contributed by atoms with Gasteiger partial charge in [0, 0.05) is 5.25 Å². The molecular formula is C12H24S. The average Bonchev–Trinajstić information content (AvgIpc) is 2.65. The number of hydrogen-bond donors (Lipinski definition) is 0. The summed E-state index contributed by atoms with van der Waals surface area (Å²) in [6.07, 6.45) is 10.1. The van der Waals surface area contributed by atoms with Gasteiger partial charge in [-0.3, -0.25) is 0 Å². The summed E-state index contributed by atoms with van der Waals surface area (Å²) in [6, 6.07) is 0. The van der Waals surface area contributed by atoms with Crippen LogP contribution in [0.1, 0.15) is 58.8 Å². The van der Waals surface area contributed by atoms with Gasteiger partial charge in [0.15, 0.2) is 0 Å². The molecule has 0 aromatic carbocycles. The topological polar surface area (TPSA) is 0 Å². The van der Waals surface area contributed by atoms with Gasteiger partial charge in [-0.25, -0.2) is 0 Å². The highest BCUT2D eigenvalue weighted by Gasteiger charge is 2.23. The van der Waals surface area contributed by atoms with Crippen molar-refractivity contribution in [3.63, 3.8) is 0 Å². The minimum Gasteiger partial charge on any atom is -0.158 e. The van der Waals surface area contributed by atoms with Crippen molar-refractivity contribution in [2.75, 3.05) is 5.75 Å². The molecule has 0 aliphatic carbocycles. The molecule has 0 bridgehead atoms. The lowest BCUT2D eigenvalue weighted by Crippen LogP contribution is -2.13. The second kappa shape index (κ2) is 6.75. The predicted molar refractivity (Wildman–Crippen MR) is 63.4 cm³/mol. The third-order valence-corrected chi connectivity index (χ3v) is 4.77. The Kier molecular flexibility index (Phi) is 5.93. The molecule has 0 N–H and O–H groups in total. The molecule has 13 heavy (non-hydrogen) atoms. The van der Waals surface area contributed by atoms with Crippen LogP contribution < -0.4 is 0 Å². The van der Waals surface area contributed by atoms with Crippen molar-refractivity contribution in [2.45, 2.75) is 64.0 Å². The minimum atomic E-state index is 1.02. The lowest BCUT2D eigenvalue weighted by atomic mass is 9.93. The summed E-state index contributed by atoms with van der Waals surface area (Å²) < 4.78 is 0. The molecule has 1 aliphatic heterocycles. The van der Waals surface area contributed by atoms with Crippen molar-refractivity contribution in [3.05, 3.63) is 0 Å². The maximum atomic E-state index is 2.37. The van der Waals surface area contributed by atoms with Crippen LogP contribution in [-0.2, 0) is 0 Å². The van der Waals surface area contributed by atoms with Gasteiger partial charge in [0.1, 0.15) is 0 Å². The number of hydrogen-bond acceptors (Lipinski definition) is 1. The molecule has 0 amide bonds. The highest BCUT2D eigenvalue weighted by molar-refractivity contribution is 8.00. The maximum Gasteiger partial charge on any atom is 0.00755 e. The molecule has 0 aromatic heterocycles. The summed E-state index contributed by atoms with van der Waals surface area (Å²) >= 11 is 2.23. The molecule has 0 spiro atoms. The van der Waals surface area contributed by atoms with Gasteiger partial charge in [0.05, 0.1) is 0 Å². The summed E-state index contributed by atoms with van der Waals surface area (Å²) in [5.74, 6) is 2.45. The first kappa shape index (κ1) is 11.4. The van der Waals surface area contributed by atoms with Crippen molar-refractivity contribution in [2.24, 2.45) is 5.92 Å². The zero-order valence-corrected chi connectivity index (χ0v) is 10.0.